The minimum absolute atomic E-state index is 0.0719. The minimum Gasteiger partial charge on any atom is -0.465 e. The number of amides is 2. The first-order chi connectivity index (χ1) is 15.4. The van der Waals surface area contributed by atoms with Gasteiger partial charge in [-0.2, -0.15) is 0 Å². The number of hydrogen-bond acceptors (Lipinski definition) is 6. The summed E-state index contributed by atoms with van der Waals surface area (Å²) in [6.07, 6.45) is 1.31. The van der Waals surface area contributed by atoms with Crippen molar-refractivity contribution in [2.45, 2.75) is 0 Å². The molecule has 0 unspecified atom stereocenters. The lowest BCUT2D eigenvalue weighted by Crippen LogP contribution is -2.54. The van der Waals surface area contributed by atoms with Crippen LogP contribution in [-0.2, 0) is 14.3 Å². The molecule has 0 spiro atoms. The Labute approximate surface area is 193 Å². The quantitative estimate of drug-likeness (QED) is 0.268. The van der Waals surface area contributed by atoms with Crippen LogP contribution in [0.2, 0.25) is 5.02 Å². The van der Waals surface area contributed by atoms with Crippen LogP contribution in [0.3, 0.4) is 0 Å². The van der Waals surface area contributed by atoms with Crippen LogP contribution in [0, 0.1) is 0 Å². The minimum atomic E-state index is -0.656. The predicted molar refractivity (Wildman–Crippen MR) is 123 cm³/mol. The van der Waals surface area contributed by atoms with Crippen molar-refractivity contribution in [1.82, 2.24) is 5.32 Å². The summed E-state index contributed by atoms with van der Waals surface area (Å²) in [5.74, 6) is -1.19. The Morgan fingerprint density at radius 1 is 1.09 bits per heavy atom. The molecule has 32 heavy (non-hydrogen) atoms. The van der Waals surface area contributed by atoms with E-state index in [9.17, 15) is 14.4 Å². The van der Waals surface area contributed by atoms with E-state index in [0.29, 0.717) is 27.6 Å². The Bertz CT molecular complexity index is 1300. The van der Waals surface area contributed by atoms with Crippen LogP contribution in [0.1, 0.15) is 16.1 Å². The predicted octanol–water partition coefficient (Wildman–Crippen LogP) is 4.22. The zero-order chi connectivity index (χ0) is 22.8. The molecule has 0 atom stereocenters. The van der Waals surface area contributed by atoms with Gasteiger partial charge in [0.1, 0.15) is 17.1 Å². The molecule has 1 aliphatic heterocycles. The molecule has 1 aliphatic rings. The summed E-state index contributed by atoms with van der Waals surface area (Å²) < 4.78 is 10.6. The van der Waals surface area contributed by atoms with Gasteiger partial charge >= 0.3 is 5.97 Å². The highest BCUT2D eigenvalue weighted by molar-refractivity contribution is 7.80. The van der Waals surface area contributed by atoms with Crippen LogP contribution in [0.25, 0.3) is 17.4 Å². The van der Waals surface area contributed by atoms with E-state index in [-0.39, 0.29) is 16.4 Å². The molecule has 7 nitrogen and oxygen atoms in total. The lowest BCUT2D eigenvalue weighted by Gasteiger charge is -2.29. The van der Waals surface area contributed by atoms with Crippen molar-refractivity contribution < 1.29 is 23.5 Å². The zero-order valence-electron chi connectivity index (χ0n) is 16.6. The van der Waals surface area contributed by atoms with E-state index in [4.69, 9.17) is 33.0 Å². The first kappa shape index (κ1) is 21.5. The number of carbonyl (C=O) groups is 3. The number of nitrogens with zero attached hydrogens (tertiary/aromatic N) is 1. The fraction of sp³-hybridized carbons (Fsp3) is 0.0435. The number of thiocarbonyl (C=S) groups is 1. The molecule has 0 aliphatic carbocycles. The highest BCUT2D eigenvalue weighted by Gasteiger charge is 2.35. The van der Waals surface area contributed by atoms with Gasteiger partial charge in [-0.15, -0.1) is 0 Å². The number of benzene rings is 2. The Hall–Kier alpha value is -3.75. The molecule has 0 saturated carbocycles. The largest absolute Gasteiger partial charge is 0.465 e. The molecule has 4 rings (SSSR count). The molecule has 160 valence electrons. The lowest BCUT2D eigenvalue weighted by molar-refractivity contribution is -0.122. The van der Waals surface area contributed by atoms with Gasteiger partial charge in [-0.3, -0.25) is 19.8 Å². The zero-order valence-corrected chi connectivity index (χ0v) is 18.2. The highest BCUT2D eigenvalue weighted by Crippen LogP contribution is 2.30. The summed E-state index contributed by atoms with van der Waals surface area (Å²) in [5, 5.41) is 2.73. The highest BCUT2D eigenvalue weighted by atomic mass is 35.5. The Morgan fingerprint density at radius 3 is 2.56 bits per heavy atom. The average Bonchev–Trinajstić information content (AvgIpc) is 3.26. The monoisotopic (exact) mass is 466 g/mol. The molecule has 2 heterocycles. The van der Waals surface area contributed by atoms with E-state index in [2.05, 4.69) is 5.32 Å². The molecule has 2 amide bonds. The van der Waals surface area contributed by atoms with E-state index in [1.165, 1.54) is 13.2 Å². The second-order valence-corrected chi connectivity index (χ2v) is 7.44. The Balaban J connectivity index is 1.71. The van der Waals surface area contributed by atoms with Crippen molar-refractivity contribution in [2.24, 2.45) is 0 Å². The smallest absolute Gasteiger partial charge is 0.338 e. The van der Waals surface area contributed by atoms with Gasteiger partial charge in [0.15, 0.2) is 5.11 Å². The maximum atomic E-state index is 13.1. The van der Waals surface area contributed by atoms with Gasteiger partial charge in [-0.1, -0.05) is 41.9 Å². The van der Waals surface area contributed by atoms with E-state index >= 15 is 0 Å². The number of furan rings is 1. The number of halogens is 1. The third-order valence-corrected chi connectivity index (χ3v) is 5.31. The molecular weight excluding hydrogens is 452 g/mol. The van der Waals surface area contributed by atoms with E-state index in [0.717, 1.165) is 4.90 Å². The number of carbonyl (C=O) groups excluding carboxylic acids is 3. The molecule has 1 aromatic heterocycles. The normalized spacial score (nSPS) is 15.1. The second kappa shape index (κ2) is 8.78. The summed E-state index contributed by atoms with van der Waals surface area (Å²) in [5.41, 5.74) is 1.01. The lowest BCUT2D eigenvalue weighted by atomic mass is 10.1. The van der Waals surface area contributed by atoms with Gasteiger partial charge in [0.2, 0.25) is 0 Å². The van der Waals surface area contributed by atoms with Crippen LogP contribution >= 0.6 is 23.8 Å². The first-order valence-electron chi connectivity index (χ1n) is 9.34. The van der Waals surface area contributed by atoms with E-state index < -0.39 is 17.8 Å². The molecular formula is C23H15ClN2O5S. The number of ether oxygens (including phenoxy) is 1. The van der Waals surface area contributed by atoms with Crippen molar-refractivity contribution in [3.63, 3.8) is 0 Å². The van der Waals surface area contributed by atoms with Crippen LogP contribution < -0.4 is 10.2 Å². The summed E-state index contributed by atoms with van der Waals surface area (Å²) in [7, 11) is 1.29. The molecule has 1 N–H and O–H groups in total. The number of methoxy groups -OCH3 is 1. The summed E-state index contributed by atoms with van der Waals surface area (Å²) in [6.45, 7) is 0. The molecule has 0 bridgehead atoms. The molecule has 0 radical (unpaired) electrons. The van der Waals surface area contributed by atoms with Crippen molar-refractivity contribution in [3.8, 4) is 11.3 Å². The molecule has 2 aromatic carbocycles. The third kappa shape index (κ3) is 3.93. The summed E-state index contributed by atoms with van der Waals surface area (Å²) >= 11 is 11.4. The molecule has 1 saturated heterocycles. The van der Waals surface area contributed by atoms with Gasteiger partial charge in [0.25, 0.3) is 11.8 Å². The third-order valence-electron chi connectivity index (χ3n) is 4.71. The average molecular weight is 467 g/mol. The summed E-state index contributed by atoms with van der Waals surface area (Å²) in [6, 6.07) is 16.7. The topological polar surface area (TPSA) is 88.9 Å². The number of hydrogen-bond donors (Lipinski definition) is 1. The number of para-hydroxylation sites is 1. The SMILES string of the molecule is COC(=O)c1ccccc1-c1ccc(/C=C2\C(=O)NC(=S)N(c3ccccc3Cl)C2=O)o1. The van der Waals surface area contributed by atoms with Crippen molar-refractivity contribution in [2.75, 3.05) is 12.0 Å². The van der Waals surface area contributed by atoms with Crippen LogP contribution in [0.5, 0.6) is 0 Å². The van der Waals surface area contributed by atoms with Crippen molar-refractivity contribution >= 4 is 58.5 Å². The van der Waals surface area contributed by atoms with Gasteiger partial charge in [-0.25, -0.2) is 4.79 Å². The van der Waals surface area contributed by atoms with Gasteiger partial charge in [0, 0.05) is 5.56 Å². The molecule has 9 heteroatoms. The van der Waals surface area contributed by atoms with Crippen LogP contribution in [0.4, 0.5) is 5.69 Å². The molecule has 1 fully saturated rings. The van der Waals surface area contributed by atoms with Gasteiger partial charge in [-0.05, 0) is 48.6 Å². The number of anilines is 1. The fourth-order valence-corrected chi connectivity index (χ4v) is 3.71. The van der Waals surface area contributed by atoms with E-state index in [1.54, 1.807) is 60.7 Å². The Morgan fingerprint density at radius 2 is 1.81 bits per heavy atom. The number of nitrogens with one attached hydrogen (secondary N) is 1. The maximum Gasteiger partial charge on any atom is 0.338 e. The van der Waals surface area contributed by atoms with Gasteiger partial charge in [0.05, 0.1) is 23.4 Å². The first-order valence-corrected chi connectivity index (χ1v) is 10.1. The van der Waals surface area contributed by atoms with Crippen LogP contribution in [-0.4, -0.2) is 30.0 Å². The summed E-state index contributed by atoms with van der Waals surface area (Å²) in [4.78, 5) is 38.8. The van der Waals surface area contributed by atoms with E-state index in [1.807, 2.05) is 0 Å². The number of rotatable bonds is 4. The fourth-order valence-electron chi connectivity index (χ4n) is 3.21. The molecule has 3 aromatic rings. The van der Waals surface area contributed by atoms with Crippen molar-refractivity contribution in [1.29, 1.82) is 0 Å². The standard InChI is InChI=1S/C23H15ClN2O5S/c1-30-22(29)15-7-3-2-6-14(15)19-11-10-13(31-19)12-16-20(27)25-23(32)26(21(16)28)18-9-5-4-8-17(18)24/h2-12H,1H3,(H,25,27,32)/b16-12+. The van der Waals surface area contributed by atoms with Crippen LogP contribution in [0.15, 0.2) is 70.7 Å². The van der Waals surface area contributed by atoms with Gasteiger partial charge < -0.3 is 9.15 Å². The maximum absolute atomic E-state index is 13.1. The Kier molecular flexibility index (Phi) is 5.89. The number of esters is 1. The second-order valence-electron chi connectivity index (χ2n) is 6.65. The van der Waals surface area contributed by atoms with Crippen molar-refractivity contribution in [3.05, 3.63) is 82.6 Å².